The van der Waals surface area contributed by atoms with E-state index in [9.17, 15) is 15.0 Å². The first kappa shape index (κ1) is 13.7. The van der Waals surface area contributed by atoms with Gasteiger partial charge < -0.3 is 15.5 Å². The third-order valence-corrected chi connectivity index (χ3v) is 4.01. The summed E-state index contributed by atoms with van der Waals surface area (Å²) in [4.78, 5) is 12.2. The van der Waals surface area contributed by atoms with Gasteiger partial charge in [0.2, 0.25) is 5.91 Å². The van der Waals surface area contributed by atoms with Gasteiger partial charge in [-0.15, -0.1) is 0 Å². The summed E-state index contributed by atoms with van der Waals surface area (Å²) in [6.45, 7) is 0. The highest BCUT2D eigenvalue weighted by atomic mass is 16.3. The number of nitrogens with one attached hydrogen (secondary N) is 1. The molecule has 0 saturated heterocycles. The highest BCUT2D eigenvalue weighted by Gasteiger charge is 2.30. The van der Waals surface area contributed by atoms with Crippen LogP contribution in [0.4, 0.5) is 0 Å². The Hall–Kier alpha value is -1.71. The first-order valence-corrected chi connectivity index (χ1v) is 6.87. The van der Waals surface area contributed by atoms with Crippen molar-refractivity contribution in [1.82, 2.24) is 5.32 Å². The van der Waals surface area contributed by atoms with Gasteiger partial charge in [-0.2, -0.15) is 0 Å². The molecule has 0 heterocycles. The van der Waals surface area contributed by atoms with Crippen molar-refractivity contribution in [2.24, 2.45) is 5.92 Å². The van der Waals surface area contributed by atoms with Crippen LogP contribution in [0, 0.1) is 5.92 Å². The molecule has 1 unspecified atom stereocenters. The molecule has 0 spiro atoms. The predicted octanol–water partition coefficient (Wildman–Crippen LogP) is 2.51. The van der Waals surface area contributed by atoms with Gasteiger partial charge >= 0.3 is 0 Å². The second kappa shape index (κ2) is 5.95. The maximum atomic E-state index is 12.2. The summed E-state index contributed by atoms with van der Waals surface area (Å²) in [6, 6.07) is 4.68. The van der Waals surface area contributed by atoms with Crippen molar-refractivity contribution in [1.29, 1.82) is 0 Å². The molecule has 4 heteroatoms. The lowest BCUT2D eigenvalue weighted by molar-refractivity contribution is -0.123. The molecule has 1 aliphatic carbocycles. The summed E-state index contributed by atoms with van der Waals surface area (Å²) in [5, 5.41) is 21.7. The standard InChI is InChI=1S/C15H21NO3/c1-16-15(19)14(10-5-3-2-4-6-10)11-7-8-12(17)13(18)9-11/h7-10,14,17-18H,2-6H2,1H3,(H,16,19). The molecule has 4 nitrogen and oxygen atoms in total. The molecule has 0 bridgehead atoms. The summed E-state index contributed by atoms with van der Waals surface area (Å²) >= 11 is 0. The van der Waals surface area contributed by atoms with Crippen molar-refractivity contribution < 1.29 is 15.0 Å². The van der Waals surface area contributed by atoms with Crippen molar-refractivity contribution in [3.8, 4) is 11.5 Å². The van der Waals surface area contributed by atoms with Crippen LogP contribution in [0.3, 0.4) is 0 Å². The fourth-order valence-electron chi connectivity index (χ4n) is 2.99. The van der Waals surface area contributed by atoms with Crippen molar-refractivity contribution in [2.45, 2.75) is 38.0 Å². The number of hydrogen-bond acceptors (Lipinski definition) is 3. The molecule has 2 rings (SSSR count). The molecule has 0 aliphatic heterocycles. The number of amides is 1. The van der Waals surface area contributed by atoms with Gasteiger partial charge in [-0.1, -0.05) is 25.3 Å². The average molecular weight is 263 g/mol. The number of phenolic OH excluding ortho intramolecular Hbond substituents is 2. The van der Waals surface area contributed by atoms with Crippen molar-refractivity contribution in [3.63, 3.8) is 0 Å². The Balaban J connectivity index is 2.30. The van der Waals surface area contributed by atoms with Crippen molar-refractivity contribution in [2.75, 3.05) is 7.05 Å². The number of carbonyl (C=O) groups is 1. The number of likely N-dealkylation sites (N-methyl/N-ethyl adjacent to an activating group) is 1. The van der Waals surface area contributed by atoms with E-state index in [0.717, 1.165) is 31.2 Å². The van der Waals surface area contributed by atoms with Crippen LogP contribution in [-0.2, 0) is 4.79 Å². The molecule has 1 saturated carbocycles. The quantitative estimate of drug-likeness (QED) is 0.734. The van der Waals surface area contributed by atoms with E-state index in [0.29, 0.717) is 5.92 Å². The fourth-order valence-corrected chi connectivity index (χ4v) is 2.99. The first-order valence-electron chi connectivity index (χ1n) is 6.87. The largest absolute Gasteiger partial charge is 0.504 e. The first-order chi connectivity index (χ1) is 9.13. The highest BCUT2D eigenvalue weighted by molar-refractivity contribution is 5.84. The van der Waals surface area contributed by atoms with Gasteiger partial charge in [-0.3, -0.25) is 4.79 Å². The average Bonchev–Trinajstić information content (AvgIpc) is 2.44. The van der Waals surface area contributed by atoms with Gasteiger partial charge in [-0.05, 0) is 36.5 Å². The summed E-state index contributed by atoms with van der Waals surface area (Å²) in [7, 11) is 1.64. The molecule has 1 fully saturated rings. The van der Waals surface area contributed by atoms with E-state index in [1.807, 2.05) is 0 Å². The third kappa shape index (κ3) is 3.00. The Morgan fingerprint density at radius 2 is 1.89 bits per heavy atom. The minimum absolute atomic E-state index is 0.0167. The molecule has 104 valence electrons. The van der Waals surface area contributed by atoms with Crippen LogP contribution in [0.5, 0.6) is 11.5 Å². The van der Waals surface area contributed by atoms with E-state index in [4.69, 9.17) is 0 Å². The van der Waals surface area contributed by atoms with Gasteiger partial charge in [0.05, 0.1) is 5.92 Å². The molecule has 1 atom stereocenters. The highest BCUT2D eigenvalue weighted by Crippen LogP contribution is 2.38. The fraction of sp³-hybridized carbons (Fsp3) is 0.533. The molecule has 1 aromatic carbocycles. The molecular formula is C15H21NO3. The number of hydrogen-bond donors (Lipinski definition) is 3. The Labute approximate surface area is 113 Å². The van der Waals surface area contributed by atoms with Crippen LogP contribution in [0.1, 0.15) is 43.6 Å². The van der Waals surface area contributed by atoms with E-state index in [-0.39, 0.29) is 23.3 Å². The smallest absolute Gasteiger partial charge is 0.227 e. The van der Waals surface area contributed by atoms with Crippen LogP contribution < -0.4 is 5.32 Å². The number of carbonyl (C=O) groups excluding carboxylic acids is 1. The molecule has 3 N–H and O–H groups in total. The minimum Gasteiger partial charge on any atom is -0.504 e. The SMILES string of the molecule is CNC(=O)C(c1ccc(O)c(O)c1)C1CCCCC1. The third-order valence-electron chi connectivity index (χ3n) is 4.01. The monoisotopic (exact) mass is 263 g/mol. The number of aromatic hydroxyl groups is 2. The zero-order valence-electron chi connectivity index (χ0n) is 11.2. The minimum atomic E-state index is -0.239. The van der Waals surface area contributed by atoms with Crippen LogP contribution >= 0.6 is 0 Å². The van der Waals surface area contributed by atoms with Gasteiger partial charge in [0.15, 0.2) is 11.5 Å². The Morgan fingerprint density at radius 1 is 1.21 bits per heavy atom. The van der Waals surface area contributed by atoms with E-state index in [1.165, 1.54) is 18.6 Å². The number of rotatable bonds is 3. The zero-order chi connectivity index (χ0) is 13.8. The number of benzene rings is 1. The summed E-state index contributed by atoms with van der Waals surface area (Å²) < 4.78 is 0. The molecule has 1 aliphatic rings. The lowest BCUT2D eigenvalue weighted by atomic mass is 9.76. The maximum Gasteiger partial charge on any atom is 0.227 e. The van der Waals surface area contributed by atoms with Gasteiger partial charge in [0.1, 0.15) is 0 Å². The van der Waals surface area contributed by atoms with Gasteiger partial charge in [-0.25, -0.2) is 0 Å². The molecule has 0 aromatic heterocycles. The molecule has 19 heavy (non-hydrogen) atoms. The maximum absolute atomic E-state index is 12.2. The van der Waals surface area contributed by atoms with E-state index in [1.54, 1.807) is 13.1 Å². The van der Waals surface area contributed by atoms with Gasteiger partial charge in [0.25, 0.3) is 0 Å². The molecule has 0 radical (unpaired) electrons. The summed E-state index contributed by atoms with van der Waals surface area (Å²) in [6.07, 6.45) is 5.63. The second-order valence-corrected chi connectivity index (χ2v) is 5.24. The van der Waals surface area contributed by atoms with E-state index >= 15 is 0 Å². The van der Waals surface area contributed by atoms with Crippen LogP contribution in [0.25, 0.3) is 0 Å². The Kier molecular flexibility index (Phi) is 4.30. The summed E-state index contributed by atoms with van der Waals surface area (Å²) in [5.41, 5.74) is 0.779. The number of phenols is 2. The Morgan fingerprint density at radius 3 is 2.47 bits per heavy atom. The molecule has 1 aromatic rings. The topological polar surface area (TPSA) is 69.6 Å². The summed E-state index contributed by atoms with van der Waals surface area (Å²) in [5.74, 6) is -0.253. The normalized spacial score (nSPS) is 17.9. The van der Waals surface area contributed by atoms with Crippen molar-refractivity contribution >= 4 is 5.91 Å². The lowest BCUT2D eigenvalue weighted by Crippen LogP contribution is -2.32. The van der Waals surface area contributed by atoms with Crippen LogP contribution in [0.15, 0.2) is 18.2 Å². The molecule has 1 amide bonds. The lowest BCUT2D eigenvalue weighted by Gasteiger charge is -2.29. The Bertz CT molecular complexity index is 453. The molecular weight excluding hydrogens is 242 g/mol. The van der Waals surface area contributed by atoms with Crippen LogP contribution in [0.2, 0.25) is 0 Å². The van der Waals surface area contributed by atoms with E-state index < -0.39 is 0 Å². The van der Waals surface area contributed by atoms with Gasteiger partial charge in [0, 0.05) is 7.05 Å². The van der Waals surface area contributed by atoms with E-state index in [2.05, 4.69) is 5.32 Å². The van der Waals surface area contributed by atoms with Crippen molar-refractivity contribution in [3.05, 3.63) is 23.8 Å². The second-order valence-electron chi connectivity index (χ2n) is 5.24. The predicted molar refractivity (Wildman–Crippen MR) is 73.2 cm³/mol. The van der Waals surface area contributed by atoms with Crippen LogP contribution in [-0.4, -0.2) is 23.2 Å². The zero-order valence-corrected chi connectivity index (χ0v) is 11.2.